The van der Waals surface area contributed by atoms with Crippen molar-refractivity contribution in [2.45, 2.75) is 38.4 Å². The molecular weight excluding hydrogens is 244 g/mol. The Morgan fingerprint density at radius 3 is 3.11 bits per heavy atom. The fraction of sp³-hybridized carbons (Fsp3) is 0.533. The zero-order valence-corrected chi connectivity index (χ0v) is 10.9. The first-order chi connectivity index (χ1) is 9.34. The van der Waals surface area contributed by atoms with Crippen molar-refractivity contribution >= 4 is 0 Å². The molecule has 4 heteroatoms. The van der Waals surface area contributed by atoms with E-state index >= 15 is 0 Å². The fourth-order valence-corrected chi connectivity index (χ4v) is 1.83. The van der Waals surface area contributed by atoms with Crippen molar-refractivity contribution in [2.24, 2.45) is 0 Å². The topological polar surface area (TPSA) is 48.7 Å². The van der Waals surface area contributed by atoms with Crippen molar-refractivity contribution in [1.29, 1.82) is 0 Å². The van der Waals surface area contributed by atoms with Gasteiger partial charge in [-0.3, -0.25) is 0 Å². The molecule has 19 heavy (non-hydrogen) atoms. The van der Waals surface area contributed by atoms with Crippen molar-refractivity contribution in [2.75, 3.05) is 13.2 Å². The van der Waals surface area contributed by atoms with Gasteiger partial charge in [-0.2, -0.15) is 0 Å². The Morgan fingerprint density at radius 1 is 1.37 bits per heavy atom. The number of unbranched alkanes of at least 4 members (excludes halogenated alkanes) is 1. The second-order valence-corrected chi connectivity index (χ2v) is 4.38. The van der Waals surface area contributed by atoms with E-state index in [2.05, 4.69) is 11.8 Å². The molecule has 1 aliphatic rings. The Balaban J connectivity index is 1.63. The Bertz CT molecular complexity index is 489. The molecule has 4 nitrogen and oxygen atoms in total. The third-order valence-electron chi connectivity index (χ3n) is 2.79. The van der Waals surface area contributed by atoms with E-state index in [0.717, 1.165) is 25.9 Å². The maximum atomic E-state index is 10.9. The summed E-state index contributed by atoms with van der Waals surface area (Å²) >= 11 is 0. The summed E-state index contributed by atoms with van der Waals surface area (Å²) in [5.41, 5.74) is -0.371. The van der Waals surface area contributed by atoms with Crippen LogP contribution in [0.3, 0.4) is 0 Å². The number of rotatable bonds is 4. The molecule has 0 amide bonds. The molecular formula is C15H18O4. The quantitative estimate of drug-likeness (QED) is 0.617. The van der Waals surface area contributed by atoms with Gasteiger partial charge in [0.05, 0.1) is 6.61 Å². The summed E-state index contributed by atoms with van der Waals surface area (Å²) in [5, 5.41) is 0. The van der Waals surface area contributed by atoms with Crippen LogP contribution >= 0.6 is 0 Å². The van der Waals surface area contributed by atoms with Gasteiger partial charge >= 0.3 is 5.63 Å². The molecule has 0 bridgehead atoms. The van der Waals surface area contributed by atoms with Crippen molar-refractivity contribution in [3.63, 3.8) is 0 Å². The van der Waals surface area contributed by atoms with Gasteiger partial charge in [0.25, 0.3) is 0 Å². The maximum Gasteiger partial charge on any atom is 0.336 e. The average molecular weight is 262 g/mol. The minimum absolute atomic E-state index is 0.0335. The molecule has 1 atom stereocenters. The largest absolute Gasteiger partial charge is 0.414 e. The zero-order valence-electron chi connectivity index (χ0n) is 10.9. The maximum absolute atomic E-state index is 10.9. The van der Waals surface area contributed by atoms with Gasteiger partial charge in [0, 0.05) is 19.1 Å². The predicted octanol–water partition coefficient (Wildman–Crippen LogP) is 2.31. The SMILES string of the molecule is O=c1cccc(C#CCCCOC2CCCCO2)o1. The molecule has 2 heterocycles. The first kappa shape index (κ1) is 13.9. The average Bonchev–Trinajstić information content (AvgIpc) is 2.44. The third kappa shape index (κ3) is 5.29. The molecule has 102 valence electrons. The van der Waals surface area contributed by atoms with E-state index in [1.54, 1.807) is 12.1 Å². The van der Waals surface area contributed by atoms with Gasteiger partial charge in [-0.05, 0) is 37.7 Å². The highest BCUT2D eigenvalue weighted by Gasteiger charge is 2.12. The molecule has 1 aromatic rings. The standard InChI is InChI=1S/C15H18O4/c16-14-9-6-8-13(19-14)7-2-1-4-11-17-15-10-3-5-12-18-15/h6,8-9,15H,1,3-5,10-12H2. The van der Waals surface area contributed by atoms with Crippen LogP contribution in [0.2, 0.25) is 0 Å². The third-order valence-corrected chi connectivity index (χ3v) is 2.79. The Labute approximate surface area is 112 Å². The van der Waals surface area contributed by atoms with Crippen LogP contribution in [0.15, 0.2) is 27.4 Å². The second-order valence-electron chi connectivity index (χ2n) is 4.38. The van der Waals surface area contributed by atoms with E-state index in [1.165, 1.54) is 12.5 Å². The molecule has 1 fully saturated rings. The summed E-state index contributed by atoms with van der Waals surface area (Å²) in [6.45, 7) is 1.45. The molecule has 0 aromatic carbocycles. The molecule has 1 aliphatic heterocycles. The summed E-state index contributed by atoms with van der Waals surface area (Å²) in [6.07, 6.45) is 4.83. The number of hydrogen-bond acceptors (Lipinski definition) is 4. The lowest BCUT2D eigenvalue weighted by atomic mass is 10.2. The van der Waals surface area contributed by atoms with Crippen LogP contribution in [0.1, 0.15) is 37.9 Å². The zero-order chi connectivity index (χ0) is 13.3. The number of ether oxygens (including phenoxy) is 2. The minimum atomic E-state index is -0.371. The number of hydrogen-bond donors (Lipinski definition) is 0. The molecule has 2 rings (SSSR count). The summed E-state index contributed by atoms with van der Waals surface area (Å²) < 4.78 is 15.9. The van der Waals surface area contributed by atoms with E-state index in [4.69, 9.17) is 13.9 Å². The molecule has 0 aliphatic carbocycles. The van der Waals surface area contributed by atoms with Crippen LogP contribution in [0, 0.1) is 11.8 Å². The van der Waals surface area contributed by atoms with Crippen LogP contribution in [0.4, 0.5) is 0 Å². The van der Waals surface area contributed by atoms with E-state index in [-0.39, 0.29) is 11.9 Å². The summed E-state index contributed by atoms with van der Waals surface area (Å²) in [6, 6.07) is 4.68. The summed E-state index contributed by atoms with van der Waals surface area (Å²) in [4.78, 5) is 10.9. The van der Waals surface area contributed by atoms with Gasteiger partial charge in [0.15, 0.2) is 12.1 Å². The first-order valence-electron chi connectivity index (χ1n) is 6.67. The lowest BCUT2D eigenvalue weighted by Crippen LogP contribution is -2.22. The first-order valence-corrected chi connectivity index (χ1v) is 6.67. The second kappa shape index (κ2) is 7.78. The minimum Gasteiger partial charge on any atom is -0.414 e. The summed E-state index contributed by atoms with van der Waals surface area (Å²) in [7, 11) is 0. The van der Waals surface area contributed by atoms with Gasteiger partial charge < -0.3 is 13.9 Å². The van der Waals surface area contributed by atoms with Crippen LogP contribution in [-0.2, 0) is 9.47 Å². The predicted molar refractivity (Wildman–Crippen MR) is 70.6 cm³/mol. The lowest BCUT2D eigenvalue weighted by Gasteiger charge is -2.22. The Hall–Kier alpha value is -1.57. The van der Waals surface area contributed by atoms with Crippen molar-refractivity contribution in [1.82, 2.24) is 0 Å². The molecule has 0 N–H and O–H groups in total. The van der Waals surface area contributed by atoms with E-state index < -0.39 is 0 Å². The molecule has 0 spiro atoms. The van der Waals surface area contributed by atoms with E-state index in [1.807, 2.05) is 0 Å². The van der Waals surface area contributed by atoms with E-state index in [0.29, 0.717) is 18.8 Å². The highest BCUT2D eigenvalue weighted by atomic mass is 16.7. The molecule has 1 unspecified atom stereocenters. The van der Waals surface area contributed by atoms with Gasteiger partial charge in [0.2, 0.25) is 0 Å². The van der Waals surface area contributed by atoms with E-state index in [9.17, 15) is 4.79 Å². The van der Waals surface area contributed by atoms with Crippen LogP contribution in [0.25, 0.3) is 0 Å². The van der Waals surface area contributed by atoms with Crippen molar-refractivity contribution in [3.05, 3.63) is 34.4 Å². The van der Waals surface area contributed by atoms with Gasteiger partial charge in [-0.1, -0.05) is 12.0 Å². The van der Waals surface area contributed by atoms with Gasteiger partial charge in [-0.25, -0.2) is 4.79 Å². The molecule has 1 aromatic heterocycles. The van der Waals surface area contributed by atoms with Crippen LogP contribution < -0.4 is 5.63 Å². The van der Waals surface area contributed by atoms with Crippen LogP contribution in [0.5, 0.6) is 0 Å². The molecule has 1 saturated heterocycles. The Morgan fingerprint density at radius 2 is 2.32 bits per heavy atom. The van der Waals surface area contributed by atoms with Gasteiger partial charge in [0.1, 0.15) is 0 Å². The van der Waals surface area contributed by atoms with Gasteiger partial charge in [-0.15, -0.1) is 0 Å². The van der Waals surface area contributed by atoms with Crippen LogP contribution in [-0.4, -0.2) is 19.5 Å². The monoisotopic (exact) mass is 262 g/mol. The van der Waals surface area contributed by atoms with Crippen molar-refractivity contribution < 1.29 is 13.9 Å². The smallest absolute Gasteiger partial charge is 0.336 e. The lowest BCUT2D eigenvalue weighted by molar-refractivity contribution is -0.162. The van der Waals surface area contributed by atoms with Crippen molar-refractivity contribution in [3.8, 4) is 11.8 Å². The highest BCUT2D eigenvalue weighted by molar-refractivity contribution is 5.23. The highest BCUT2D eigenvalue weighted by Crippen LogP contribution is 2.13. The molecule has 0 radical (unpaired) electrons. The summed E-state index contributed by atoms with van der Waals surface area (Å²) in [5.74, 6) is 6.19. The fourth-order valence-electron chi connectivity index (χ4n) is 1.83. The normalized spacial score (nSPS) is 18.6. The Kier molecular flexibility index (Phi) is 5.67. The molecule has 0 saturated carbocycles.